The topological polar surface area (TPSA) is 26.3 Å². The van der Waals surface area contributed by atoms with Crippen molar-refractivity contribution < 1.29 is 9.53 Å². The molecule has 0 radical (unpaired) electrons. The van der Waals surface area contributed by atoms with Crippen molar-refractivity contribution in [1.82, 2.24) is 0 Å². The van der Waals surface area contributed by atoms with Crippen LogP contribution in [0, 0.1) is 23.7 Å². The number of rotatable bonds is 8. The van der Waals surface area contributed by atoms with Crippen LogP contribution in [-0.4, -0.2) is 13.1 Å². The summed E-state index contributed by atoms with van der Waals surface area (Å²) in [6.07, 6.45) is 10.1. The molecule has 0 aliphatic carbocycles. The minimum Gasteiger partial charge on any atom is -0.468 e. The number of carbonyl (C=O) groups excluding carboxylic acids is 1. The molecule has 0 saturated heterocycles. The summed E-state index contributed by atoms with van der Waals surface area (Å²) in [5, 5.41) is 0. The second-order valence-electron chi connectivity index (χ2n) is 4.23. The first-order chi connectivity index (χ1) is 8.81. The van der Waals surface area contributed by atoms with Crippen LogP contribution in [0.1, 0.15) is 64.7 Å². The molecule has 2 nitrogen and oxygen atoms in total. The molecule has 0 N–H and O–H groups in total. The van der Waals surface area contributed by atoms with Gasteiger partial charge in [-0.3, -0.25) is 4.79 Å². The van der Waals surface area contributed by atoms with Crippen LogP contribution < -0.4 is 0 Å². The van der Waals surface area contributed by atoms with E-state index in [-0.39, 0.29) is 12.4 Å². The quantitative estimate of drug-likeness (QED) is 0.372. The zero-order valence-corrected chi connectivity index (χ0v) is 11.7. The molecule has 0 aliphatic rings. The second-order valence-corrected chi connectivity index (χ2v) is 4.23. The number of hydrogen-bond acceptors (Lipinski definition) is 2. The molecule has 0 unspecified atom stereocenters. The van der Waals surface area contributed by atoms with Gasteiger partial charge in [0.2, 0.25) is 0 Å². The van der Waals surface area contributed by atoms with E-state index in [1.807, 2.05) is 0 Å². The third kappa shape index (κ3) is 12.7. The molecular weight excluding hydrogens is 224 g/mol. The van der Waals surface area contributed by atoms with Crippen LogP contribution >= 0.6 is 0 Å². The summed E-state index contributed by atoms with van der Waals surface area (Å²) in [6, 6.07) is 0. The van der Waals surface area contributed by atoms with Gasteiger partial charge < -0.3 is 4.74 Å². The predicted molar refractivity (Wildman–Crippen MR) is 74.8 cm³/mol. The van der Waals surface area contributed by atoms with Crippen molar-refractivity contribution in [2.75, 3.05) is 7.11 Å². The largest absolute Gasteiger partial charge is 0.468 e. The van der Waals surface area contributed by atoms with Gasteiger partial charge in [-0.2, -0.15) is 0 Å². The molecule has 0 rings (SSSR count). The van der Waals surface area contributed by atoms with E-state index < -0.39 is 0 Å². The Morgan fingerprint density at radius 2 is 1.56 bits per heavy atom. The number of esters is 1. The van der Waals surface area contributed by atoms with Crippen LogP contribution in [0.2, 0.25) is 0 Å². The van der Waals surface area contributed by atoms with E-state index >= 15 is 0 Å². The Morgan fingerprint density at radius 1 is 0.944 bits per heavy atom. The van der Waals surface area contributed by atoms with Gasteiger partial charge in [0.1, 0.15) is 6.42 Å². The Morgan fingerprint density at radius 3 is 2.22 bits per heavy atom. The molecule has 2 heteroatoms. The second kappa shape index (κ2) is 13.7. The molecule has 0 heterocycles. The summed E-state index contributed by atoms with van der Waals surface area (Å²) >= 11 is 0. The zero-order chi connectivity index (χ0) is 13.5. The molecule has 0 atom stereocenters. The number of ether oxygens (including phenoxy) is 1. The predicted octanol–water partition coefficient (Wildman–Crippen LogP) is 3.70. The van der Waals surface area contributed by atoms with Crippen molar-refractivity contribution >= 4 is 5.97 Å². The van der Waals surface area contributed by atoms with E-state index in [1.54, 1.807) is 0 Å². The minimum absolute atomic E-state index is 0.128. The van der Waals surface area contributed by atoms with Crippen LogP contribution in [0.4, 0.5) is 0 Å². The summed E-state index contributed by atoms with van der Waals surface area (Å²) < 4.78 is 4.46. The molecule has 100 valence electrons. The smallest absolute Gasteiger partial charge is 0.317 e. The number of carbonyl (C=O) groups is 1. The fourth-order valence-electron chi connectivity index (χ4n) is 1.51. The Hall–Kier alpha value is -1.41. The average molecular weight is 248 g/mol. The van der Waals surface area contributed by atoms with Gasteiger partial charge in [-0.25, -0.2) is 0 Å². The average Bonchev–Trinajstić information content (AvgIpc) is 2.39. The first-order valence-electron chi connectivity index (χ1n) is 6.83. The van der Waals surface area contributed by atoms with Crippen LogP contribution in [0.15, 0.2) is 0 Å². The summed E-state index contributed by atoms with van der Waals surface area (Å²) in [7, 11) is 1.36. The van der Waals surface area contributed by atoms with Crippen molar-refractivity contribution in [3.05, 3.63) is 0 Å². The lowest BCUT2D eigenvalue weighted by atomic mass is 10.1. The minimum atomic E-state index is -0.309. The first-order valence-corrected chi connectivity index (χ1v) is 6.83. The molecule has 18 heavy (non-hydrogen) atoms. The molecule has 0 saturated carbocycles. The Balaban J connectivity index is 3.36. The van der Waals surface area contributed by atoms with E-state index in [0.717, 1.165) is 12.8 Å². The van der Waals surface area contributed by atoms with Gasteiger partial charge in [0.15, 0.2) is 0 Å². The van der Waals surface area contributed by atoms with Crippen molar-refractivity contribution in [1.29, 1.82) is 0 Å². The summed E-state index contributed by atoms with van der Waals surface area (Å²) in [5.41, 5.74) is 0. The van der Waals surface area contributed by atoms with Gasteiger partial charge in [0.25, 0.3) is 0 Å². The van der Waals surface area contributed by atoms with Gasteiger partial charge in [-0.05, 0) is 18.3 Å². The molecule has 0 aromatic heterocycles. The number of hydrogen-bond donors (Lipinski definition) is 0. The zero-order valence-electron chi connectivity index (χ0n) is 11.7. The molecule has 0 fully saturated rings. The van der Waals surface area contributed by atoms with Crippen LogP contribution in [0.25, 0.3) is 0 Å². The monoisotopic (exact) mass is 248 g/mol. The van der Waals surface area contributed by atoms with Crippen LogP contribution in [-0.2, 0) is 9.53 Å². The van der Waals surface area contributed by atoms with Gasteiger partial charge in [0.05, 0.1) is 7.11 Å². The molecule has 0 aromatic carbocycles. The van der Waals surface area contributed by atoms with E-state index in [1.165, 1.54) is 45.6 Å². The molecule has 0 spiro atoms. The maximum atomic E-state index is 10.7. The highest BCUT2D eigenvalue weighted by Gasteiger charge is 1.92. The maximum absolute atomic E-state index is 10.7. The number of unbranched alkanes of at least 4 members (excludes halogenated alkanes) is 7. The highest BCUT2D eigenvalue weighted by Crippen LogP contribution is 2.07. The van der Waals surface area contributed by atoms with E-state index in [2.05, 4.69) is 35.3 Å². The molecule has 0 aromatic rings. The van der Waals surface area contributed by atoms with Crippen molar-refractivity contribution in [3.8, 4) is 23.7 Å². The fraction of sp³-hybridized carbons (Fsp3) is 0.688. The lowest BCUT2D eigenvalue weighted by Crippen LogP contribution is -1.96. The van der Waals surface area contributed by atoms with Gasteiger partial charge >= 0.3 is 5.97 Å². The molecule has 0 amide bonds. The van der Waals surface area contributed by atoms with Gasteiger partial charge in [-0.15, -0.1) is 0 Å². The maximum Gasteiger partial charge on any atom is 0.317 e. The highest BCUT2D eigenvalue weighted by atomic mass is 16.5. The van der Waals surface area contributed by atoms with E-state index in [0.29, 0.717) is 0 Å². The Labute approximate surface area is 111 Å². The lowest BCUT2D eigenvalue weighted by molar-refractivity contribution is -0.139. The molecular formula is C16H24O2. The summed E-state index contributed by atoms with van der Waals surface area (Å²) in [5.74, 6) is 10.8. The van der Waals surface area contributed by atoms with E-state index in [4.69, 9.17) is 0 Å². The molecule has 0 bridgehead atoms. The van der Waals surface area contributed by atoms with E-state index in [9.17, 15) is 4.79 Å². The lowest BCUT2D eigenvalue weighted by Gasteiger charge is -1.97. The van der Waals surface area contributed by atoms with Gasteiger partial charge in [0, 0.05) is 6.42 Å². The van der Waals surface area contributed by atoms with Crippen LogP contribution in [0.5, 0.6) is 0 Å². The van der Waals surface area contributed by atoms with Gasteiger partial charge in [-0.1, -0.05) is 57.3 Å². The summed E-state index contributed by atoms with van der Waals surface area (Å²) in [6.45, 7) is 2.23. The highest BCUT2D eigenvalue weighted by molar-refractivity contribution is 5.72. The van der Waals surface area contributed by atoms with Crippen molar-refractivity contribution in [3.63, 3.8) is 0 Å². The first kappa shape index (κ1) is 16.6. The Bertz CT molecular complexity index is 322. The Kier molecular flexibility index (Phi) is 12.6. The normalized spacial score (nSPS) is 8.78. The SMILES string of the molecule is CCCCCCCCCC#CC#CCC(=O)OC. The number of methoxy groups -OCH3 is 1. The van der Waals surface area contributed by atoms with Crippen molar-refractivity contribution in [2.24, 2.45) is 0 Å². The third-order valence-electron chi connectivity index (χ3n) is 2.61. The fourth-order valence-corrected chi connectivity index (χ4v) is 1.51. The van der Waals surface area contributed by atoms with Crippen molar-refractivity contribution in [2.45, 2.75) is 64.7 Å². The molecule has 0 aliphatic heterocycles. The summed E-state index contributed by atoms with van der Waals surface area (Å²) in [4.78, 5) is 10.7. The van der Waals surface area contributed by atoms with Crippen LogP contribution in [0.3, 0.4) is 0 Å². The standard InChI is InChI=1S/C16H24O2/c1-3-4-5-6-7-8-9-10-11-12-13-14-15-16(17)18-2/h3-10,15H2,1-2H3. The third-order valence-corrected chi connectivity index (χ3v) is 2.61.